The van der Waals surface area contributed by atoms with Crippen molar-refractivity contribution in [3.05, 3.63) is 0 Å². The zero-order valence-electron chi connectivity index (χ0n) is 7.71. The Morgan fingerprint density at radius 2 is 2.23 bits per heavy atom. The third kappa shape index (κ3) is 2.63. The van der Waals surface area contributed by atoms with E-state index >= 15 is 0 Å². The van der Waals surface area contributed by atoms with Crippen LogP contribution in [0, 0.1) is 0 Å². The first kappa shape index (κ1) is 10.4. The number of carbonyl (C=O) groups excluding carboxylic acids is 1. The Balaban J connectivity index is 2.45. The summed E-state index contributed by atoms with van der Waals surface area (Å²) in [6.45, 7) is 2.77. The molecule has 5 heteroatoms. The van der Waals surface area contributed by atoms with Gasteiger partial charge in [-0.2, -0.15) is 0 Å². The van der Waals surface area contributed by atoms with Crippen LogP contribution in [-0.2, 0) is 9.53 Å². The number of nitrogens with one attached hydrogen (secondary N) is 1. The van der Waals surface area contributed by atoms with Gasteiger partial charge in [0.15, 0.2) is 5.67 Å². The molecule has 0 saturated carbocycles. The van der Waals surface area contributed by atoms with Crippen LogP contribution in [0.4, 0.5) is 4.39 Å². The van der Waals surface area contributed by atoms with Gasteiger partial charge in [0.2, 0.25) is 0 Å². The molecule has 2 N–H and O–H groups in total. The summed E-state index contributed by atoms with van der Waals surface area (Å²) in [5.74, 6) is -0.720. The van der Waals surface area contributed by atoms with Gasteiger partial charge < -0.3 is 15.2 Å². The monoisotopic (exact) mass is 191 g/mol. The molecule has 1 aliphatic rings. The minimum atomic E-state index is -1.91. The molecule has 1 heterocycles. The van der Waals surface area contributed by atoms with E-state index in [1.807, 2.05) is 0 Å². The lowest BCUT2D eigenvalue weighted by atomic mass is 10.1. The van der Waals surface area contributed by atoms with Gasteiger partial charge in [-0.1, -0.05) is 0 Å². The van der Waals surface area contributed by atoms with Gasteiger partial charge >= 0.3 is 0 Å². The maximum absolute atomic E-state index is 13.0. The predicted octanol–water partition coefficient (Wildman–Crippen LogP) is -0.390. The minimum Gasteiger partial charge on any atom is -0.388 e. The molecule has 1 aliphatic heterocycles. The predicted molar refractivity (Wildman–Crippen MR) is 43.9 cm³/mol. The highest BCUT2D eigenvalue weighted by Gasteiger charge is 2.33. The van der Waals surface area contributed by atoms with Gasteiger partial charge in [0.1, 0.15) is 0 Å². The van der Waals surface area contributed by atoms with Crippen molar-refractivity contribution < 1.29 is 19.0 Å². The Morgan fingerprint density at radius 1 is 1.62 bits per heavy atom. The third-order valence-electron chi connectivity index (χ3n) is 1.91. The van der Waals surface area contributed by atoms with Crippen LogP contribution in [0.2, 0.25) is 0 Å². The lowest BCUT2D eigenvalue weighted by Gasteiger charge is -2.19. The second-order valence-corrected chi connectivity index (χ2v) is 3.66. The van der Waals surface area contributed by atoms with Gasteiger partial charge in [-0.25, -0.2) is 4.39 Å². The van der Waals surface area contributed by atoms with Crippen LogP contribution < -0.4 is 5.32 Å². The summed E-state index contributed by atoms with van der Waals surface area (Å²) in [6.07, 6.45) is -0.730. The molecule has 2 atom stereocenters. The Hall–Kier alpha value is -0.680. The molecule has 1 amide bonds. The molecule has 0 aliphatic carbocycles. The fourth-order valence-corrected chi connectivity index (χ4v) is 1.02. The summed E-state index contributed by atoms with van der Waals surface area (Å²) in [5, 5.41) is 11.6. The molecule has 0 aromatic heterocycles. The fraction of sp³-hybridized carbons (Fsp3) is 0.875. The summed E-state index contributed by atoms with van der Waals surface area (Å²) in [6, 6.07) is -0.484. The standard InChI is InChI=1S/C8H14FNO3/c1-8(2,9)7(12)10-5-3-13-4-6(5)11/h5-6,11H,3-4H2,1-2H3,(H,10,12). The third-order valence-corrected chi connectivity index (χ3v) is 1.91. The molecule has 13 heavy (non-hydrogen) atoms. The van der Waals surface area contributed by atoms with E-state index < -0.39 is 23.7 Å². The summed E-state index contributed by atoms with van der Waals surface area (Å²) in [7, 11) is 0. The van der Waals surface area contributed by atoms with Crippen LogP contribution in [-0.4, -0.2) is 42.0 Å². The van der Waals surface area contributed by atoms with E-state index in [4.69, 9.17) is 4.74 Å². The molecule has 1 fully saturated rings. The molecular formula is C8H14FNO3. The largest absolute Gasteiger partial charge is 0.388 e. The zero-order chi connectivity index (χ0) is 10.1. The van der Waals surface area contributed by atoms with E-state index in [1.54, 1.807) is 0 Å². The molecule has 0 spiro atoms. The van der Waals surface area contributed by atoms with E-state index in [9.17, 15) is 14.3 Å². The maximum Gasteiger partial charge on any atom is 0.257 e. The quantitative estimate of drug-likeness (QED) is 0.625. The molecule has 76 valence electrons. The van der Waals surface area contributed by atoms with Gasteiger partial charge in [-0.05, 0) is 13.8 Å². The molecule has 1 rings (SSSR count). The van der Waals surface area contributed by atoms with Crippen molar-refractivity contribution in [2.24, 2.45) is 0 Å². The fourth-order valence-electron chi connectivity index (χ4n) is 1.02. The number of aliphatic hydroxyl groups excluding tert-OH is 1. The van der Waals surface area contributed by atoms with Crippen LogP contribution in [0.1, 0.15) is 13.8 Å². The highest BCUT2D eigenvalue weighted by molar-refractivity contribution is 5.84. The highest BCUT2D eigenvalue weighted by Crippen LogP contribution is 2.11. The number of hydrogen-bond donors (Lipinski definition) is 2. The number of ether oxygens (including phenoxy) is 1. The first-order valence-corrected chi connectivity index (χ1v) is 4.17. The molecule has 4 nitrogen and oxygen atoms in total. The first-order valence-electron chi connectivity index (χ1n) is 4.17. The van der Waals surface area contributed by atoms with Crippen LogP contribution in [0.3, 0.4) is 0 Å². The van der Waals surface area contributed by atoms with E-state index in [0.29, 0.717) is 0 Å². The molecular weight excluding hydrogens is 177 g/mol. The summed E-state index contributed by atoms with van der Waals surface area (Å²) in [4.78, 5) is 11.1. The summed E-state index contributed by atoms with van der Waals surface area (Å²) < 4.78 is 17.9. The Labute approximate surface area is 76.1 Å². The first-order chi connectivity index (χ1) is 5.91. The smallest absolute Gasteiger partial charge is 0.257 e. The highest BCUT2D eigenvalue weighted by atomic mass is 19.1. The molecule has 1 saturated heterocycles. The summed E-state index contributed by atoms with van der Waals surface area (Å²) in [5.41, 5.74) is -1.91. The van der Waals surface area contributed by atoms with Crippen molar-refractivity contribution in [1.82, 2.24) is 5.32 Å². The Kier molecular flexibility index (Phi) is 2.87. The van der Waals surface area contributed by atoms with Crippen molar-refractivity contribution in [2.75, 3.05) is 13.2 Å². The van der Waals surface area contributed by atoms with Crippen LogP contribution in [0.25, 0.3) is 0 Å². The minimum absolute atomic E-state index is 0.192. The number of rotatable bonds is 2. The average molecular weight is 191 g/mol. The summed E-state index contributed by atoms with van der Waals surface area (Å²) >= 11 is 0. The number of carbonyl (C=O) groups is 1. The topological polar surface area (TPSA) is 58.6 Å². The van der Waals surface area contributed by atoms with E-state index in [1.165, 1.54) is 13.8 Å². The van der Waals surface area contributed by atoms with Crippen LogP contribution in [0.5, 0.6) is 0 Å². The van der Waals surface area contributed by atoms with Gasteiger partial charge in [0.05, 0.1) is 25.4 Å². The van der Waals surface area contributed by atoms with Crippen LogP contribution >= 0.6 is 0 Å². The lowest BCUT2D eigenvalue weighted by Crippen LogP contribution is -2.48. The van der Waals surface area contributed by atoms with Crippen molar-refractivity contribution in [2.45, 2.75) is 31.7 Å². The van der Waals surface area contributed by atoms with Crippen molar-refractivity contribution in [1.29, 1.82) is 0 Å². The number of halogens is 1. The molecule has 0 aromatic rings. The Bertz CT molecular complexity index is 202. The zero-order valence-corrected chi connectivity index (χ0v) is 7.71. The Morgan fingerprint density at radius 3 is 2.62 bits per heavy atom. The number of hydrogen-bond acceptors (Lipinski definition) is 3. The van der Waals surface area contributed by atoms with Gasteiger partial charge in [0.25, 0.3) is 5.91 Å². The molecule has 0 aromatic carbocycles. The van der Waals surface area contributed by atoms with Gasteiger partial charge in [-0.15, -0.1) is 0 Å². The van der Waals surface area contributed by atoms with Gasteiger partial charge in [0, 0.05) is 0 Å². The number of alkyl halides is 1. The molecule has 0 bridgehead atoms. The van der Waals surface area contributed by atoms with Crippen molar-refractivity contribution in [3.8, 4) is 0 Å². The van der Waals surface area contributed by atoms with E-state index in [2.05, 4.69) is 5.32 Å². The normalized spacial score (nSPS) is 28.9. The lowest BCUT2D eigenvalue weighted by molar-refractivity contribution is -0.132. The maximum atomic E-state index is 13.0. The number of amides is 1. The van der Waals surface area contributed by atoms with Crippen molar-refractivity contribution in [3.63, 3.8) is 0 Å². The van der Waals surface area contributed by atoms with Crippen molar-refractivity contribution >= 4 is 5.91 Å². The number of aliphatic hydroxyl groups is 1. The second kappa shape index (κ2) is 3.59. The van der Waals surface area contributed by atoms with E-state index in [-0.39, 0.29) is 13.2 Å². The molecule has 0 radical (unpaired) electrons. The van der Waals surface area contributed by atoms with Gasteiger partial charge in [-0.3, -0.25) is 4.79 Å². The molecule has 2 unspecified atom stereocenters. The SMILES string of the molecule is CC(C)(F)C(=O)NC1COCC1O. The second-order valence-electron chi connectivity index (χ2n) is 3.66. The van der Waals surface area contributed by atoms with Crippen LogP contribution in [0.15, 0.2) is 0 Å². The average Bonchev–Trinajstić information content (AvgIpc) is 2.34. The van der Waals surface area contributed by atoms with E-state index in [0.717, 1.165) is 0 Å².